The molecule has 1 aliphatic rings. The fourth-order valence-corrected chi connectivity index (χ4v) is 4.31. The maximum Gasteiger partial charge on any atom is 0.163 e. The van der Waals surface area contributed by atoms with E-state index in [1.54, 1.807) is 6.92 Å². The lowest BCUT2D eigenvalue weighted by atomic mass is 9.52. The number of carbonyl (C=O) groups is 3. The molecule has 0 N–H and O–H groups in total. The first kappa shape index (κ1) is 20.2. The molecule has 0 spiro atoms. The Morgan fingerprint density at radius 2 is 1.50 bits per heavy atom. The van der Waals surface area contributed by atoms with Gasteiger partial charge in [-0.05, 0) is 35.8 Å². The second-order valence-corrected chi connectivity index (χ2v) is 8.53. The molecule has 1 fully saturated rings. The molecule has 3 heteroatoms. The molecule has 146 valence electrons. The van der Waals surface area contributed by atoms with E-state index >= 15 is 0 Å². The molecular formula is C25H28O3. The van der Waals surface area contributed by atoms with Crippen LogP contribution in [-0.2, 0) is 9.59 Å². The molecule has 3 rings (SSSR count). The molecular weight excluding hydrogens is 348 g/mol. The third-order valence-corrected chi connectivity index (χ3v) is 6.38. The number of hydrogen-bond acceptors (Lipinski definition) is 3. The fourth-order valence-electron chi connectivity index (χ4n) is 4.31. The van der Waals surface area contributed by atoms with Crippen LogP contribution in [0.3, 0.4) is 0 Å². The first-order valence-corrected chi connectivity index (χ1v) is 10.00. The summed E-state index contributed by atoms with van der Waals surface area (Å²) in [6.07, 6.45) is 1.78. The van der Waals surface area contributed by atoms with Gasteiger partial charge in [0, 0.05) is 30.7 Å². The van der Waals surface area contributed by atoms with Crippen molar-refractivity contribution in [3.05, 3.63) is 60.2 Å². The van der Waals surface area contributed by atoms with Crippen molar-refractivity contribution in [1.29, 1.82) is 0 Å². The van der Waals surface area contributed by atoms with Gasteiger partial charge in [0.2, 0.25) is 0 Å². The lowest BCUT2D eigenvalue weighted by Crippen LogP contribution is -2.48. The minimum Gasteiger partial charge on any atom is -0.300 e. The van der Waals surface area contributed by atoms with E-state index in [9.17, 15) is 14.4 Å². The summed E-state index contributed by atoms with van der Waals surface area (Å²) >= 11 is 0. The third kappa shape index (κ3) is 4.30. The highest BCUT2D eigenvalue weighted by molar-refractivity contribution is 5.98. The van der Waals surface area contributed by atoms with Crippen molar-refractivity contribution in [2.45, 2.75) is 46.5 Å². The summed E-state index contributed by atoms with van der Waals surface area (Å²) in [6.45, 7) is 5.77. The van der Waals surface area contributed by atoms with Crippen molar-refractivity contribution < 1.29 is 14.4 Å². The van der Waals surface area contributed by atoms with Crippen LogP contribution in [-0.4, -0.2) is 17.3 Å². The molecule has 1 saturated carbocycles. The number of benzene rings is 2. The van der Waals surface area contributed by atoms with Gasteiger partial charge in [-0.15, -0.1) is 0 Å². The Balaban J connectivity index is 1.50. The molecule has 0 saturated heterocycles. The summed E-state index contributed by atoms with van der Waals surface area (Å²) < 4.78 is 0. The largest absolute Gasteiger partial charge is 0.300 e. The highest BCUT2D eigenvalue weighted by atomic mass is 16.1. The van der Waals surface area contributed by atoms with E-state index in [1.165, 1.54) is 0 Å². The molecule has 0 radical (unpaired) electrons. The van der Waals surface area contributed by atoms with Gasteiger partial charge < -0.3 is 0 Å². The zero-order chi connectivity index (χ0) is 20.3. The molecule has 3 nitrogen and oxygen atoms in total. The lowest BCUT2D eigenvalue weighted by Gasteiger charge is -2.51. The van der Waals surface area contributed by atoms with E-state index in [2.05, 4.69) is 13.8 Å². The van der Waals surface area contributed by atoms with E-state index < -0.39 is 0 Å². The predicted molar refractivity (Wildman–Crippen MR) is 111 cm³/mol. The highest BCUT2D eigenvalue weighted by Crippen LogP contribution is 2.53. The third-order valence-electron chi connectivity index (χ3n) is 6.38. The molecule has 0 aromatic heterocycles. The Labute approximate surface area is 167 Å². The predicted octanol–water partition coefficient (Wildman–Crippen LogP) is 5.53. The molecule has 2 aromatic rings. The van der Waals surface area contributed by atoms with E-state index in [-0.39, 0.29) is 47.4 Å². The Hall–Kier alpha value is -2.55. The SMILES string of the molecule is CC(=O)[C@@H]1C[C@H](CC(=O)CCC(=O)c2ccc(-c3ccccc3)cc2)C1(C)C. The van der Waals surface area contributed by atoms with Crippen LogP contribution in [0, 0.1) is 17.3 Å². The first-order chi connectivity index (χ1) is 13.3. The molecule has 28 heavy (non-hydrogen) atoms. The van der Waals surface area contributed by atoms with E-state index in [0.29, 0.717) is 12.0 Å². The van der Waals surface area contributed by atoms with E-state index in [4.69, 9.17) is 0 Å². The van der Waals surface area contributed by atoms with Crippen molar-refractivity contribution in [3.63, 3.8) is 0 Å². The number of ketones is 3. The highest BCUT2D eigenvalue weighted by Gasteiger charge is 2.50. The summed E-state index contributed by atoms with van der Waals surface area (Å²) in [5.74, 6) is 0.642. The Bertz CT molecular complexity index is 862. The monoisotopic (exact) mass is 376 g/mol. The second-order valence-electron chi connectivity index (χ2n) is 8.53. The van der Waals surface area contributed by atoms with Crippen molar-refractivity contribution in [1.82, 2.24) is 0 Å². The summed E-state index contributed by atoms with van der Waals surface area (Å²) in [7, 11) is 0. The molecule has 0 amide bonds. The zero-order valence-electron chi connectivity index (χ0n) is 16.9. The molecule has 0 unspecified atom stereocenters. The van der Waals surface area contributed by atoms with Crippen molar-refractivity contribution >= 4 is 17.3 Å². The van der Waals surface area contributed by atoms with Gasteiger partial charge in [-0.3, -0.25) is 14.4 Å². The molecule has 0 heterocycles. The van der Waals surface area contributed by atoms with Crippen LogP contribution in [0.15, 0.2) is 54.6 Å². The molecule has 2 aromatic carbocycles. The van der Waals surface area contributed by atoms with Gasteiger partial charge in [0.15, 0.2) is 5.78 Å². The Morgan fingerprint density at radius 1 is 0.893 bits per heavy atom. The van der Waals surface area contributed by atoms with Crippen LogP contribution in [0.25, 0.3) is 11.1 Å². The van der Waals surface area contributed by atoms with Crippen LogP contribution in [0.1, 0.15) is 56.8 Å². The van der Waals surface area contributed by atoms with Gasteiger partial charge in [-0.25, -0.2) is 0 Å². The number of rotatable bonds is 8. The van der Waals surface area contributed by atoms with Crippen molar-refractivity contribution in [2.24, 2.45) is 17.3 Å². The average molecular weight is 376 g/mol. The van der Waals surface area contributed by atoms with Crippen LogP contribution in [0.2, 0.25) is 0 Å². The maximum atomic E-state index is 12.4. The molecule has 2 atom stereocenters. The molecule has 0 aliphatic heterocycles. The summed E-state index contributed by atoms with van der Waals surface area (Å²) in [5.41, 5.74) is 2.72. The lowest BCUT2D eigenvalue weighted by molar-refractivity contribution is -0.140. The van der Waals surface area contributed by atoms with Gasteiger partial charge >= 0.3 is 0 Å². The van der Waals surface area contributed by atoms with Gasteiger partial charge in [0.05, 0.1) is 0 Å². The minimum absolute atomic E-state index is 0.00226. The van der Waals surface area contributed by atoms with Gasteiger partial charge in [0.25, 0.3) is 0 Å². The standard InChI is InChI=1S/C25H28O3/c1-17(26)23-16-21(25(23,2)3)15-22(27)13-14-24(28)20-11-9-19(10-12-20)18-7-5-4-6-8-18/h4-12,21,23H,13-16H2,1-3H3/t21-,23-/m0/s1. The quantitative estimate of drug-likeness (QED) is 0.569. The summed E-state index contributed by atoms with van der Waals surface area (Å²) in [6, 6.07) is 17.6. The normalized spacial score (nSPS) is 20.2. The number of Topliss-reactive ketones (excluding diaryl/α,β-unsaturated/α-hetero) is 3. The molecule has 0 bridgehead atoms. The zero-order valence-corrected chi connectivity index (χ0v) is 16.9. The Kier molecular flexibility index (Phi) is 5.93. The summed E-state index contributed by atoms with van der Waals surface area (Å²) in [5, 5.41) is 0. The van der Waals surface area contributed by atoms with E-state index in [0.717, 1.165) is 17.5 Å². The minimum atomic E-state index is -0.112. The maximum absolute atomic E-state index is 12.4. The average Bonchev–Trinajstić information content (AvgIpc) is 2.69. The van der Waals surface area contributed by atoms with Crippen LogP contribution in [0.5, 0.6) is 0 Å². The topological polar surface area (TPSA) is 51.2 Å². The van der Waals surface area contributed by atoms with Crippen molar-refractivity contribution in [3.8, 4) is 11.1 Å². The number of carbonyl (C=O) groups excluding carboxylic acids is 3. The smallest absolute Gasteiger partial charge is 0.163 e. The van der Waals surface area contributed by atoms with Crippen LogP contribution in [0.4, 0.5) is 0 Å². The fraction of sp³-hybridized carbons (Fsp3) is 0.400. The van der Waals surface area contributed by atoms with Crippen molar-refractivity contribution in [2.75, 3.05) is 0 Å². The van der Waals surface area contributed by atoms with Crippen LogP contribution < -0.4 is 0 Å². The Morgan fingerprint density at radius 3 is 2.07 bits per heavy atom. The first-order valence-electron chi connectivity index (χ1n) is 10.00. The van der Waals surface area contributed by atoms with Crippen LogP contribution >= 0.6 is 0 Å². The number of hydrogen-bond donors (Lipinski definition) is 0. The van der Waals surface area contributed by atoms with E-state index in [1.807, 2.05) is 54.6 Å². The van der Waals surface area contributed by atoms with Gasteiger partial charge in [-0.2, -0.15) is 0 Å². The van der Waals surface area contributed by atoms with Gasteiger partial charge in [0.1, 0.15) is 11.6 Å². The molecule has 1 aliphatic carbocycles. The summed E-state index contributed by atoms with van der Waals surface area (Å²) in [4.78, 5) is 36.4. The van der Waals surface area contributed by atoms with Gasteiger partial charge in [-0.1, -0.05) is 68.4 Å². The second kappa shape index (κ2) is 8.22.